The first kappa shape index (κ1) is 12.8. The highest BCUT2D eigenvalue weighted by Crippen LogP contribution is 2.15. The van der Waals surface area contributed by atoms with Crippen LogP contribution in [0.5, 0.6) is 0 Å². The van der Waals surface area contributed by atoms with E-state index in [9.17, 15) is 9.59 Å². The SMILES string of the molecule is CC(=O)N(C)C1CCCN(C(=O)N(C)C)C1. The van der Waals surface area contributed by atoms with E-state index in [1.54, 1.807) is 37.9 Å². The lowest BCUT2D eigenvalue weighted by molar-refractivity contribution is -0.130. The molecular formula is C11H21N3O2. The number of hydrogen-bond donors (Lipinski definition) is 0. The average Bonchev–Trinajstić information content (AvgIpc) is 2.26. The first-order valence-corrected chi connectivity index (χ1v) is 5.63. The van der Waals surface area contributed by atoms with Crippen molar-refractivity contribution in [2.45, 2.75) is 25.8 Å². The molecule has 1 aliphatic heterocycles. The summed E-state index contributed by atoms with van der Waals surface area (Å²) in [6.45, 7) is 3.00. The van der Waals surface area contributed by atoms with Crippen LogP contribution in [0.3, 0.4) is 0 Å². The molecule has 3 amide bonds. The summed E-state index contributed by atoms with van der Waals surface area (Å²) in [5.41, 5.74) is 0. The molecule has 92 valence electrons. The van der Waals surface area contributed by atoms with E-state index in [0.29, 0.717) is 6.54 Å². The number of carbonyl (C=O) groups excluding carboxylic acids is 2. The highest BCUT2D eigenvalue weighted by molar-refractivity contribution is 5.75. The molecule has 0 aliphatic carbocycles. The van der Waals surface area contributed by atoms with Crippen molar-refractivity contribution >= 4 is 11.9 Å². The van der Waals surface area contributed by atoms with Gasteiger partial charge in [-0.2, -0.15) is 0 Å². The number of amides is 3. The fourth-order valence-electron chi connectivity index (χ4n) is 1.98. The summed E-state index contributed by atoms with van der Waals surface area (Å²) in [4.78, 5) is 28.2. The molecule has 0 saturated carbocycles. The topological polar surface area (TPSA) is 43.9 Å². The number of likely N-dealkylation sites (N-methyl/N-ethyl adjacent to an activating group) is 1. The van der Waals surface area contributed by atoms with Gasteiger partial charge in [0.25, 0.3) is 0 Å². The van der Waals surface area contributed by atoms with E-state index in [1.165, 1.54) is 0 Å². The number of urea groups is 1. The number of likely N-dealkylation sites (tertiary alicyclic amines) is 1. The van der Waals surface area contributed by atoms with Gasteiger partial charge < -0.3 is 14.7 Å². The van der Waals surface area contributed by atoms with E-state index in [1.807, 2.05) is 4.90 Å². The van der Waals surface area contributed by atoms with E-state index in [4.69, 9.17) is 0 Å². The minimum absolute atomic E-state index is 0.0293. The zero-order chi connectivity index (χ0) is 12.3. The first-order chi connectivity index (χ1) is 7.43. The van der Waals surface area contributed by atoms with Gasteiger partial charge in [-0.3, -0.25) is 4.79 Å². The van der Waals surface area contributed by atoms with Crippen molar-refractivity contribution < 1.29 is 9.59 Å². The Morgan fingerprint density at radius 1 is 1.25 bits per heavy atom. The molecule has 1 atom stereocenters. The average molecular weight is 227 g/mol. The second-order valence-electron chi connectivity index (χ2n) is 4.55. The van der Waals surface area contributed by atoms with Gasteiger partial charge in [0, 0.05) is 47.2 Å². The van der Waals surface area contributed by atoms with Crippen LogP contribution in [0.15, 0.2) is 0 Å². The predicted octanol–water partition coefficient (Wildman–Crippen LogP) is 0.611. The molecule has 0 aromatic heterocycles. The van der Waals surface area contributed by atoms with Gasteiger partial charge in [-0.25, -0.2) is 4.79 Å². The number of piperidine rings is 1. The second kappa shape index (κ2) is 5.18. The molecule has 0 aromatic rings. The number of rotatable bonds is 1. The van der Waals surface area contributed by atoms with Crippen molar-refractivity contribution in [1.82, 2.24) is 14.7 Å². The molecule has 5 heteroatoms. The molecule has 5 nitrogen and oxygen atoms in total. The Bertz CT molecular complexity index is 278. The molecule has 1 heterocycles. The maximum absolute atomic E-state index is 11.8. The smallest absolute Gasteiger partial charge is 0.319 e. The summed E-state index contributed by atoms with van der Waals surface area (Å²) < 4.78 is 0. The molecule has 0 bridgehead atoms. The number of hydrogen-bond acceptors (Lipinski definition) is 2. The maximum atomic E-state index is 11.8. The van der Waals surface area contributed by atoms with Gasteiger partial charge in [-0.15, -0.1) is 0 Å². The van der Waals surface area contributed by atoms with Crippen LogP contribution in [0.4, 0.5) is 4.79 Å². The van der Waals surface area contributed by atoms with Gasteiger partial charge in [0.1, 0.15) is 0 Å². The Morgan fingerprint density at radius 3 is 2.38 bits per heavy atom. The van der Waals surface area contributed by atoms with Crippen molar-refractivity contribution in [1.29, 1.82) is 0 Å². The molecule has 0 aromatic carbocycles. The maximum Gasteiger partial charge on any atom is 0.319 e. The largest absolute Gasteiger partial charge is 0.341 e. The highest BCUT2D eigenvalue weighted by atomic mass is 16.2. The van der Waals surface area contributed by atoms with E-state index in [-0.39, 0.29) is 18.0 Å². The van der Waals surface area contributed by atoms with Crippen molar-refractivity contribution in [3.05, 3.63) is 0 Å². The van der Waals surface area contributed by atoms with E-state index >= 15 is 0 Å². The Kier molecular flexibility index (Phi) is 4.15. The molecule has 1 unspecified atom stereocenters. The zero-order valence-electron chi connectivity index (χ0n) is 10.6. The van der Waals surface area contributed by atoms with Crippen LogP contribution in [-0.2, 0) is 4.79 Å². The second-order valence-corrected chi connectivity index (χ2v) is 4.55. The molecule has 0 spiro atoms. The Balaban J connectivity index is 2.60. The summed E-state index contributed by atoms with van der Waals surface area (Å²) in [7, 11) is 5.30. The van der Waals surface area contributed by atoms with Gasteiger partial charge in [0.05, 0.1) is 0 Å². The van der Waals surface area contributed by atoms with Crippen molar-refractivity contribution in [3.8, 4) is 0 Å². The van der Waals surface area contributed by atoms with Gasteiger partial charge in [-0.1, -0.05) is 0 Å². The highest BCUT2D eigenvalue weighted by Gasteiger charge is 2.27. The number of carbonyl (C=O) groups is 2. The third-order valence-corrected chi connectivity index (χ3v) is 3.09. The Morgan fingerprint density at radius 2 is 1.88 bits per heavy atom. The van der Waals surface area contributed by atoms with Gasteiger partial charge in [0.15, 0.2) is 0 Å². The molecule has 0 N–H and O–H groups in total. The lowest BCUT2D eigenvalue weighted by Crippen LogP contribution is -2.52. The van der Waals surface area contributed by atoms with E-state index < -0.39 is 0 Å². The van der Waals surface area contributed by atoms with Crippen molar-refractivity contribution in [2.75, 3.05) is 34.2 Å². The Hall–Kier alpha value is -1.26. The Labute approximate surface area is 97.0 Å². The zero-order valence-corrected chi connectivity index (χ0v) is 10.6. The van der Waals surface area contributed by atoms with Crippen LogP contribution in [0.25, 0.3) is 0 Å². The van der Waals surface area contributed by atoms with Crippen LogP contribution in [0.1, 0.15) is 19.8 Å². The number of nitrogens with zero attached hydrogens (tertiary/aromatic N) is 3. The summed E-state index contributed by atoms with van der Waals surface area (Å²) in [6.07, 6.45) is 1.94. The molecule has 0 radical (unpaired) electrons. The van der Waals surface area contributed by atoms with Crippen LogP contribution in [0, 0.1) is 0 Å². The third kappa shape index (κ3) is 2.87. The molecule has 1 rings (SSSR count). The summed E-state index contributed by atoms with van der Waals surface area (Å²) in [6, 6.07) is 0.191. The van der Waals surface area contributed by atoms with Gasteiger partial charge in [0.2, 0.25) is 5.91 Å². The van der Waals surface area contributed by atoms with Gasteiger partial charge >= 0.3 is 6.03 Å². The van der Waals surface area contributed by atoms with Crippen molar-refractivity contribution in [2.24, 2.45) is 0 Å². The monoisotopic (exact) mass is 227 g/mol. The normalized spacial score (nSPS) is 20.5. The molecular weight excluding hydrogens is 206 g/mol. The van der Waals surface area contributed by atoms with Crippen LogP contribution in [0.2, 0.25) is 0 Å². The molecule has 1 fully saturated rings. The fraction of sp³-hybridized carbons (Fsp3) is 0.818. The minimum Gasteiger partial charge on any atom is -0.341 e. The quantitative estimate of drug-likeness (QED) is 0.659. The predicted molar refractivity (Wildman–Crippen MR) is 62.1 cm³/mol. The van der Waals surface area contributed by atoms with Gasteiger partial charge in [-0.05, 0) is 12.8 Å². The summed E-state index contributed by atoms with van der Waals surface area (Å²) >= 11 is 0. The molecule has 16 heavy (non-hydrogen) atoms. The molecule has 1 aliphatic rings. The van der Waals surface area contributed by atoms with Crippen LogP contribution < -0.4 is 0 Å². The minimum atomic E-state index is 0.0293. The lowest BCUT2D eigenvalue weighted by Gasteiger charge is -2.38. The van der Waals surface area contributed by atoms with E-state index in [0.717, 1.165) is 19.4 Å². The standard InChI is InChI=1S/C11H21N3O2/c1-9(15)13(4)10-6-5-7-14(8-10)11(16)12(2)3/h10H,5-8H2,1-4H3. The van der Waals surface area contributed by atoms with E-state index in [2.05, 4.69) is 0 Å². The summed E-state index contributed by atoms with van der Waals surface area (Å²) in [5, 5.41) is 0. The third-order valence-electron chi connectivity index (χ3n) is 3.09. The summed E-state index contributed by atoms with van der Waals surface area (Å²) in [5.74, 6) is 0.0594. The van der Waals surface area contributed by atoms with Crippen LogP contribution >= 0.6 is 0 Å². The lowest BCUT2D eigenvalue weighted by atomic mass is 10.0. The fourth-order valence-corrected chi connectivity index (χ4v) is 1.98. The van der Waals surface area contributed by atoms with Crippen molar-refractivity contribution in [3.63, 3.8) is 0 Å². The molecule has 1 saturated heterocycles. The first-order valence-electron chi connectivity index (χ1n) is 5.63. The van der Waals surface area contributed by atoms with Crippen LogP contribution in [-0.4, -0.2) is 66.9 Å².